The average Bonchev–Trinajstić information content (AvgIpc) is 3.96. The van der Waals surface area contributed by atoms with Crippen molar-refractivity contribution in [2.24, 2.45) is 5.73 Å². The number of nitrogens with zero attached hydrogens (tertiary/aromatic N) is 1. The summed E-state index contributed by atoms with van der Waals surface area (Å²) in [6.45, 7) is 1.03. The third kappa shape index (κ3) is 13.0. The second kappa shape index (κ2) is 22.6. The van der Waals surface area contributed by atoms with Crippen LogP contribution in [0.4, 0.5) is 0 Å². The first-order valence-corrected chi connectivity index (χ1v) is 25.5. The van der Waals surface area contributed by atoms with E-state index < -0.39 is 61.5 Å². The van der Waals surface area contributed by atoms with Gasteiger partial charge < -0.3 is 35.2 Å². The minimum atomic E-state index is -4.06. The van der Waals surface area contributed by atoms with Gasteiger partial charge in [-0.3, -0.25) is 24.1 Å². The Morgan fingerprint density at radius 3 is 1.66 bits per heavy atom. The third-order valence-electron chi connectivity index (χ3n) is 11.3. The molecule has 1 unspecified atom stereocenters. The number of nitrogens with one attached hydrogen (secondary N) is 5. The van der Waals surface area contributed by atoms with Crippen LogP contribution >= 0.6 is 0 Å². The Kier molecular flexibility index (Phi) is 16.4. The molecule has 0 spiro atoms. The molecule has 19 nitrogen and oxygen atoms in total. The van der Waals surface area contributed by atoms with Crippen LogP contribution in [0.5, 0.6) is 0 Å². The van der Waals surface area contributed by atoms with Crippen molar-refractivity contribution in [3.05, 3.63) is 157 Å². The van der Waals surface area contributed by atoms with E-state index in [0.29, 0.717) is 19.7 Å². The molecule has 2 aromatic heterocycles. The largest absolute Gasteiger partial charge is 0.480 e. The van der Waals surface area contributed by atoms with Gasteiger partial charge in [-0.25, -0.2) is 16.8 Å². The average molecular weight is 1010 g/mol. The summed E-state index contributed by atoms with van der Waals surface area (Å²) in [5, 5.41) is 22.4. The Balaban J connectivity index is 0.000000199. The summed E-state index contributed by atoms with van der Waals surface area (Å²) < 4.78 is 91.4. The van der Waals surface area contributed by atoms with E-state index in [9.17, 15) is 31.5 Å². The smallest absolute Gasteiger partial charge is 0.324 e. The van der Waals surface area contributed by atoms with E-state index >= 15 is 0 Å². The highest BCUT2D eigenvalue weighted by molar-refractivity contribution is 7.89. The van der Waals surface area contributed by atoms with Gasteiger partial charge in [-0.15, -0.1) is 0 Å². The van der Waals surface area contributed by atoms with Crippen LogP contribution in [0.2, 0.25) is 0 Å². The summed E-state index contributed by atoms with van der Waals surface area (Å²) >= 11 is -2.61. The highest BCUT2D eigenvalue weighted by atomic mass is 32.2. The van der Waals surface area contributed by atoms with Crippen molar-refractivity contribution in [1.29, 1.82) is 5.41 Å². The lowest BCUT2D eigenvalue weighted by atomic mass is 10.1. The lowest BCUT2D eigenvalue weighted by Gasteiger charge is -2.33. The molecule has 8 aromatic rings. The number of benzene rings is 6. The number of hydrogen-bond donors (Lipinski definition) is 9. The Morgan fingerprint density at radius 1 is 0.729 bits per heavy atom. The number of carbonyl (C=O) groups excluding carboxylic acids is 1. The standard InChI is InChI=1S/C27H29N5O5S.C21H18N2O4S.H2O3S/c28-27(29)32-11-12-36-21(16-32)17-37-26(33)25(14-20-15-30-24-8-4-3-7-23(20)24)31-38(34,35)22-10-9-18-5-1-2-6-19(18)13-22;24-21(25)20(12-16-13-22-19-8-4-3-7-18(16)19)23-28(26,27)17-10-9-14-5-1-2-6-15(14)11-17;1-4(2)3/h1-10,13,15,21,25,30-31H,11-12,14,16-17H2,(H3,28,29);1-11,13,20,22-23H,12H2,(H,24,25);(H2,1,2,3)/t21?,25-;20-;/m11./s1. The second-order valence-electron chi connectivity index (χ2n) is 16.0. The molecule has 1 aliphatic rings. The first kappa shape index (κ1) is 50.8. The molecule has 0 amide bonds. The molecule has 70 heavy (non-hydrogen) atoms. The van der Waals surface area contributed by atoms with Crippen LogP contribution in [-0.4, -0.2) is 113 Å². The number of ether oxygens (including phenoxy) is 2. The highest BCUT2D eigenvalue weighted by Gasteiger charge is 2.31. The lowest BCUT2D eigenvalue weighted by molar-refractivity contribution is -0.151. The number of carbonyl (C=O) groups is 2. The Labute approximate surface area is 404 Å². The number of sulfonamides is 2. The fraction of sp³-hybridized carbons (Fsp3) is 0.188. The Morgan fingerprint density at radius 2 is 1.17 bits per heavy atom. The molecule has 0 radical (unpaired) electrons. The van der Waals surface area contributed by atoms with E-state index in [1.54, 1.807) is 41.6 Å². The summed E-state index contributed by atoms with van der Waals surface area (Å²) in [6.07, 6.45) is 3.12. The van der Waals surface area contributed by atoms with Gasteiger partial charge in [0, 0.05) is 53.6 Å². The molecule has 366 valence electrons. The summed E-state index contributed by atoms with van der Waals surface area (Å²) in [6, 6.07) is 37.0. The van der Waals surface area contributed by atoms with Crippen molar-refractivity contribution in [2.75, 3.05) is 26.3 Å². The van der Waals surface area contributed by atoms with Crippen molar-refractivity contribution < 1.29 is 54.3 Å². The first-order chi connectivity index (χ1) is 33.5. The zero-order chi connectivity index (χ0) is 50.0. The molecule has 3 heterocycles. The van der Waals surface area contributed by atoms with Gasteiger partial charge >= 0.3 is 11.9 Å². The second-order valence-corrected chi connectivity index (χ2v) is 19.9. The van der Waals surface area contributed by atoms with Gasteiger partial charge in [0.2, 0.25) is 20.0 Å². The number of aromatic amines is 2. The molecule has 9 rings (SSSR count). The Hall–Kier alpha value is -7.02. The number of esters is 1. The highest BCUT2D eigenvalue weighted by Crippen LogP contribution is 2.24. The van der Waals surface area contributed by atoms with Gasteiger partial charge in [0.15, 0.2) is 5.96 Å². The molecule has 1 fully saturated rings. The minimum absolute atomic E-state index is 0.0339. The van der Waals surface area contributed by atoms with Crippen molar-refractivity contribution >= 4 is 92.7 Å². The first-order valence-electron chi connectivity index (χ1n) is 21.5. The van der Waals surface area contributed by atoms with Crippen molar-refractivity contribution in [3.63, 3.8) is 0 Å². The number of morpholine rings is 1. The summed E-state index contributed by atoms with van der Waals surface area (Å²) in [7, 11) is -8.05. The van der Waals surface area contributed by atoms with E-state index in [2.05, 4.69) is 19.4 Å². The molecular weight excluding hydrogens is 963 g/mol. The monoisotopic (exact) mass is 1010 g/mol. The fourth-order valence-corrected chi connectivity index (χ4v) is 10.3. The van der Waals surface area contributed by atoms with Crippen LogP contribution in [0.15, 0.2) is 156 Å². The number of aromatic nitrogens is 2. The lowest BCUT2D eigenvalue weighted by Crippen LogP contribution is -2.50. The van der Waals surface area contributed by atoms with Gasteiger partial charge in [0.05, 0.1) is 22.9 Å². The molecule has 0 aliphatic carbocycles. The maximum atomic E-state index is 13.4. The number of carboxylic acids is 1. The van der Waals surface area contributed by atoms with Crippen LogP contribution in [0.1, 0.15) is 11.1 Å². The number of guanidine groups is 1. The number of rotatable bonds is 14. The number of para-hydroxylation sites is 2. The van der Waals surface area contributed by atoms with Crippen LogP contribution in [0.25, 0.3) is 43.4 Å². The molecule has 22 heteroatoms. The zero-order valence-electron chi connectivity index (χ0n) is 37.1. The number of carboxylic acid groups (broad SMARTS) is 1. The van der Waals surface area contributed by atoms with Gasteiger partial charge in [0.1, 0.15) is 24.8 Å². The van der Waals surface area contributed by atoms with Crippen LogP contribution in [0, 0.1) is 5.41 Å². The van der Waals surface area contributed by atoms with E-state index in [-0.39, 0.29) is 35.2 Å². The number of aliphatic carboxylic acids is 1. The molecule has 0 saturated carbocycles. The number of H-pyrrole nitrogens is 2. The summed E-state index contributed by atoms with van der Waals surface area (Å²) in [5.74, 6) is -2.03. The maximum Gasteiger partial charge on any atom is 0.324 e. The molecule has 10 N–H and O–H groups in total. The van der Waals surface area contributed by atoms with Crippen LogP contribution in [-0.2, 0) is 63.3 Å². The molecule has 6 aromatic carbocycles. The maximum absolute atomic E-state index is 13.4. The van der Waals surface area contributed by atoms with Crippen LogP contribution in [0.3, 0.4) is 0 Å². The van der Waals surface area contributed by atoms with Gasteiger partial charge in [0.25, 0.3) is 11.4 Å². The molecular formula is C48H49N7O12S3. The number of hydrogen-bond acceptors (Lipinski definition) is 10. The predicted octanol–water partition coefficient (Wildman–Crippen LogP) is 5.32. The van der Waals surface area contributed by atoms with E-state index in [0.717, 1.165) is 54.5 Å². The predicted molar refractivity (Wildman–Crippen MR) is 265 cm³/mol. The van der Waals surface area contributed by atoms with E-state index in [4.69, 9.17) is 33.9 Å². The molecule has 0 bridgehead atoms. The van der Waals surface area contributed by atoms with Gasteiger partial charge in [-0.1, -0.05) is 97.1 Å². The topological polar surface area (TPSA) is 307 Å². The summed E-state index contributed by atoms with van der Waals surface area (Å²) in [5.41, 5.74) is 8.85. The van der Waals surface area contributed by atoms with E-state index in [1.165, 1.54) is 12.1 Å². The van der Waals surface area contributed by atoms with Gasteiger partial charge in [-0.2, -0.15) is 13.7 Å². The van der Waals surface area contributed by atoms with E-state index in [1.807, 2.05) is 97.1 Å². The zero-order valence-corrected chi connectivity index (χ0v) is 39.5. The molecule has 1 aliphatic heterocycles. The van der Waals surface area contributed by atoms with Crippen molar-refractivity contribution in [1.82, 2.24) is 24.3 Å². The quantitative estimate of drug-likeness (QED) is 0.0288. The minimum Gasteiger partial charge on any atom is -0.480 e. The van der Waals surface area contributed by atoms with Crippen molar-refractivity contribution in [2.45, 2.75) is 40.8 Å². The van der Waals surface area contributed by atoms with Gasteiger partial charge in [-0.05, 0) is 69.1 Å². The number of nitrogens with two attached hydrogens (primary N) is 1. The third-order valence-corrected chi connectivity index (χ3v) is 14.3. The summed E-state index contributed by atoms with van der Waals surface area (Å²) in [4.78, 5) is 33.0. The Bertz CT molecular complexity index is 3420. The number of fused-ring (bicyclic) bond motifs is 4. The fourth-order valence-electron chi connectivity index (χ4n) is 7.89. The van der Waals surface area contributed by atoms with Crippen LogP contribution < -0.4 is 15.2 Å². The molecule has 3 atom stereocenters. The van der Waals surface area contributed by atoms with Crippen molar-refractivity contribution in [3.8, 4) is 0 Å². The SMILES string of the molecule is N=C(N)N1CCOC(COC(=O)[C@@H](Cc2c[nH]c3ccccc23)NS(=O)(=O)c2ccc3ccccc3c2)C1.O=C(O)[C@@H](Cc1c[nH]c2ccccc12)NS(=O)(=O)c1ccc2ccccc2c1.O=S(O)O. The normalized spacial score (nSPS) is 14.9. The molecule has 1 saturated heterocycles.